The molecule has 0 heterocycles. The average Bonchev–Trinajstić information content (AvgIpc) is 2.69. The second-order valence-electron chi connectivity index (χ2n) is 8.47. The van der Waals surface area contributed by atoms with E-state index in [-0.39, 0.29) is 57.3 Å². The van der Waals surface area contributed by atoms with E-state index in [0.29, 0.717) is 5.56 Å². The van der Waals surface area contributed by atoms with Crippen molar-refractivity contribution in [3.63, 3.8) is 0 Å². The van der Waals surface area contributed by atoms with Gasteiger partial charge < -0.3 is 10.2 Å². The Morgan fingerprint density at radius 1 is 0.839 bits per heavy atom. The van der Waals surface area contributed by atoms with Gasteiger partial charge in [0.05, 0.1) is 0 Å². The zero-order chi connectivity index (χ0) is 22.4. The molecule has 1 rings (SSSR count). The fourth-order valence-corrected chi connectivity index (χ4v) is 4.66. The van der Waals surface area contributed by atoms with Crippen LogP contribution in [0.1, 0.15) is 122 Å². The number of rotatable bonds is 17. The molecular weight excluding hydrogens is 439 g/mol. The summed E-state index contributed by atoms with van der Waals surface area (Å²) in [6.45, 7) is 4.23. The Balaban J connectivity index is 0.00000900. The minimum absolute atomic E-state index is 0. The summed E-state index contributed by atoms with van der Waals surface area (Å²) in [6, 6.07) is 2.04. The summed E-state index contributed by atoms with van der Waals surface area (Å²) < 4.78 is 31.5. The molecule has 5 nitrogen and oxygen atoms in total. The van der Waals surface area contributed by atoms with Crippen LogP contribution in [-0.2, 0) is 10.1 Å². The molecule has 0 amide bonds. The Kier molecular flexibility index (Phi) is 18.0. The molecule has 0 bridgehead atoms. The molecule has 0 aromatic heterocycles. The van der Waals surface area contributed by atoms with E-state index in [9.17, 15) is 18.6 Å². The molecule has 1 aromatic rings. The van der Waals surface area contributed by atoms with E-state index < -0.39 is 26.5 Å². The molecule has 0 saturated heterocycles. The molecule has 0 fully saturated rings. The largest absolute Gasteiger partial charge is 1.00 e. The molecule has 0 aliphatic heterocycles. The molecule has 2 N–H and O–H groups in total. The maximum Gasteiger partial charge on any atom is 1.00 e. The first kappa shape index (κ1) is 31.4. The number of phenols is 1. The molecule has 1 atom stereocenters. The summed E-state index contributed by atoms with van der Waals surface area (Å²) in [5.41, 5.74) is 0.432. The van der Waals surface area contributed by atoms with Gasteiger partial charge in [-0.1, -0.05) is 97.3 Å². The van der Waals surface area contributed by atoms with Crippen LogP contribution in [0, 0.1) is 0 Å². The third-order valence-electron chi connectivity index (χ3n) is 5.96. The molecule has 7 heteroatoms. The number of phenolic OH excluding ortho intramolecular Hbond substituents is 1. The standard InChI is InChI=1S/C24H42O5S.K/c1-3-5-6-7-8-9-10-11-12-13-14-15-16-17-20(4-2)21-18-23(26)24(19-22(21)25)30(27,28)29;/h18-20,25-26H,3-17H2,1-2H3,(H,27,28,29);/q;+1/p-1. The van der Waals surface area contributed by atoms with Crippen molar-refractivity contribution in [2.24, 2.45) is 0 Å². The van der Waals surface area contributed by atoms with Crippen LogP contribution in [-0.4, -0.2) is 18.1 Å². The topological polar surface area (TPSA) is 97.7 Å². The van der Waals surface area contributed by atoms with Gasteiger partial charge in [0, 0.05) is 0 Å². The van der Waals surface area contributed by atoms with Crippen LogP contribution in [0.5, 0.6) is 11.5 Å². The van der Waals surface area contributed by atoms with Gasteiger partial charge in [-0.25, -0.2) is 0 Å². The summed E-state index contributed by atoms with van der Waals surface area (Å²) in [5.74, 6) is -1.01. The van der Waals surface area contributed by atoms with E-state index in [1.54, 1.807) is 0 Å². The Morgan fingerprint density at radius 2 is 1.29 bits per heavy atom. The summed E-state index contributed by atoms with van der Waals surface area (Å²) in [5, 5.41) is 22.2. The number of aromatic hydroxyl groups is 1. The molecule has 0 aliphatic rings. The van der Waals surface area contributed by atoms with Crippen molar-refractivity contribution in [3.8, 4) is 11.5 Å². The second kappa shape index (κ2) is 17.8. The molecule has 31 heavy (non-hydrogen) atoms. The van der Waals surface area contributed by atoms with Gasteiger partial charge in [0.15, 0.2) is 0 Å². The van der Waals surface area contributed by atoms with Gasteiger partial charge >= 0.3 is 51.4 Å². The predicted octanol–water partition coefficient (Wildman–Crippen LogP) is 3.69. The minimum Gasteiger partial charge on any atom is -0.872 e. The van der Waals surface area contributed by atoms with Crippen molar-refractivity contribution in [3.05, 3.63) is 17.7 Å². The van der Waals surface area contributed by atoms with Crippen LogP contribution < -0.4 is 56.5 Å². The van der Waals surface area contributed by atoms with E-state index in [2.05, 4.69) is 6.92 Å². The maximum absolute atomic E-state index is 12.3. The van der Waals surface area contributed by atoms with Gasteiger partial charge in [-0.2, -0.15) is 8.42 Å². The number of unbranched alkanes of at least 4 members (excludes halogenated alkanes) is 12. The zero-order valence-electron chi connectivity index (χ0n) is 19.9. The maximum atomic E-state index is 12.3. The molecule has 174 valence electrons. The van der Waals surface area contributed by atoms with E-state index in [1.165, 1.54) is 76.7 Å². The van der Waals surface area contributed by atoms with Crippen LogP contribution in [0.2, 0.25) is 0 Å². The van der Waals surface area contributed by atoms with Crippen molar-refractivity contribution >= 4 is 10.1 Å². The van der Waals surface area contributed by atoms with E-state index in [1.807, 2.05) is 6.92 Å². The van der Waals surface area contributed by atoms with Gasteiger partial charge in [-0.3, -0.25) is 4.55 Å². The predicted molar refractivity (Wildman–Crippen MR) is 121 cm³/mol. The first-order valence-corrected chi connectivity index (χ1v) is 13.3. The monoisotopic (exact) mass is 480 g/mol. The van der Waals surface area contributed by atoms with E-state index in [0.717, 1.165) is 31.7 Å². The molecule has 1 aromatic carbocycles. The summed E-state index contributed by atoms with van der Waals surface area (Å²) in [7, 11) is -4.60. The summed E-state index contributed by atoms with van der Waals surface area (Å²) in [4.78, 5) is -0.716. The quantitative estimate of drug-likeness (QED) is 0.201. The average molecular weight is 481 g/mol. The zero-order valence-corrected chi connectivity index (χ0v) is 23.8. The number of hydrogen-bond acceptors (Lipinski definition) is 4. The fraction of sp³-hybridized carbons (Fsp3) is 0.750. The second-order valence-corrected chi connectivity index (χ2v) is 9.86. The first-order chi connectivity index (χ1) is 14.3. The SMILES string of the molecule is CCCCCCCCCCCCCCCC(CC)c1cc(O)c(S(=O)(=O)O)cc1[O-].[K+]. The van der Waals surface area contributed by atoms with Crippen molar-refractivity contribution in [2.45, 2.75) is 121 Å². The Hall–Kier alpha value is 0.366. The number of hydrogen-bond donors (Lipinski definition) is 2. The van der Waals surface area contributed by atoms with Crippen molar-refractivity contribution < 1.29 is 74.6 Å². The van der Waals surface area contributed by atoms with Crippen molar-refractivity contribution in [2.75, 3.05) is 0 Å². The van der Waals surface area contributed by atoms with Crippen LogP contribution >= 0.6 is 0 Å². The fourth-order valence-electron chi connectivity index (χ4n) is 4.08. The molecule has 0 radical (unpaired) electrons. The minimum atomic E-state index is -4.60. The van der Waals surface area contributed by atoms with E-state index in [4.69, 9.17) is 4.55 Å². The van der Waals surface area contributed by atoms with Gasteiger partial charge in [0.25, 0.3) is 10.1 Å². The first-order valence-electron chi connectivity index (χ1n) is 11.8. The smallest absolute Gasteiger partial charge is 0.872 e. The van der Waals surface area contributed by atoms with Crippen LogP contribution in [0.4, 0.5) is 0 Å². The molecular formula is C24H41KO5S. The van der Waals surface area contributed by atoms with E-state index >= 15 is 0 Å². The van der Waals surface area contributed by atoms with Gasteiger partial charge in [-0.15, -0.1) is 5.75 Å². The Morgan fingerprint density at radius 3 is 1.71 bits per heavy atom. The summed E-state index contributed by atoms with van der Waals surface area (Å²) >= 11 is 0. The normalized spacial score (nSPS) is 12.5. The Labute approximate surface area is 232 Å². The van der Waals surface area contributed by atoms with Crippen molar-refractivity contribution in [1.82, 2.24) is 0 Å². The van der Waals surface area contributed by atoms with Gasteiger partial charge in [0.1, 0.15) is 10.6 Å². The molecule has 0 spiro atoms. The van der Waals surface area contributed by atoms with Crippen LogP contribution in [0.15, 0.2) is 17.0 Å². The van der Waals surface area contributed by atoms with Gasteiger partial charge in [-0.05, 0) is 36.5 Å². The van der Waals surface area contributed by atoms with Gasteiger partial charge in [0.2, 0.25) is 0 Å². The Bertz CT molecular complexity index is 706. The summed E-state index contributed by atoms with van der Waals surface area (Å²) in [6.07, 6.45) is 18.3. The third-order valence-corrected chi connectivity index (χ3v) is 6.84. The molecule has 0 aliphatic carbocycles. The molecule has 0 saturated carbocycles. The third kappa shape index (κ3) is 13.0. The number of benzene rings is 1. The van der Waals surface area contributed by atoms with Crippen LogP contribution in [0.25, 0.3) is 0 Å². The van der Waals surface area contributed by atoms with Crippen molar-refractivity contribution in [1.29, 1.82) is 0 Å². The molecule has 1 unspecified atom stereocenters. The van der Waals surface area contributed by atoms with Crippen LogP contribution in [0.3, 0.4) is 0 Å².